The van der Waals surface area contributed by atoms with Crippen molar-refractivity contribution in [3.63, 3.8) is 0 Å². The molecule has 18 heavy (non-hydrogen) atoms. The van der Waals surface area contributed by atoms with E-state index in [0.717, 1.165) is 12.8 Å². The predicted octanol–water partition coefficient (Wildman–Crippen LogP) is 2.66. The van der Waals surface area contributed by atoms with Gasteiger partial charge in [0.25, 0.3) is 0 Å². The number of hydrogen-bond acceptors (Lipinski definition) is 3. The van der Waals surface area contributed by atoms with Crippen LogP contribution in [0.1, 0.15) is 19.8 Å². The lowest BCUT2D eigenvalue weighted by molar-refractivity contribution is -0.119. The molecule has 4 heteroatoms. The normalized spacial score (nSPS) is 16.0. The van der Waals surface area contributed by atoms with E-state index in [1.807, 2.05) is 25.2 Å². The van der Waals surface area contributed by atoms with Crippen molar-refractivity contribution in [1.82, 2.24) is 5.32 Å². The number of carbonyl (C=O) groups is 1. The molecule has 0 aromatic heterocycles. The Labute approximate surface area is 113 Å². The molecule has 1 aliphatic rings. The first-order valence-electron chi connectivity index (χ1n) is 6.19. The van der Waals surface area contributed by atoms with E-state index in [2.05, 4.69) is 17.5 Å². The zero-order valence-electron chi connectivity index (χ0n) is 11.0. The number of ether oxygens (including phenoxy) is 1. The Morgan fingerprint density at radius 2 is 2.33 bits per heavy atom. The van der Waals surface area contributed by atoms with E-state index in [0.29, 0.717) is 12.4 Å². The second-order valence-electron chi connectivity index (χ2n) is 4.07. The molecule has 1 unspecified atom stereocenters. The van der Waals surface area contributed by atoms with Crippen LogP contribution in [-0.2, 0) is 9.53 Å². The molecular formula is C14H21NO2S. The van der Waals surface area contributed by atoms with E-state index in [-0.39, 0.29) is 11.9 Å². The molecular weight excluding hydrogens is 246 g/mol. The van der Waals surface area contributed by atoms with Crippen molar-refractivity contribution in [3.05, 3.63) is 35.3 Å². The molecule has 1 rings (SSSR count). The first-order chi connectivity index (χ1) is 8.76. The maximum atomic E-state index is 11.8. The highest BCUT2D eigenvalue weighted by atomic mass is 32.2. The van der Waals surface area contributed by atoms with E-state index in [9.17, 15) is 4.79 Å². The Morgan fingerprint density at radius 3 is 3.06 bits per heavy atom. The maximum Gasteiger partial charge on any atom is 0.230 e. The zero-order valence-corrected chi connectivity index (χ0v) is 11.8. The van der Waals surface area contributed by atoms with E-state index < -0.39 is 0 Å². The Hall–Kier alpha value is -1.00. The Balaban J connectivity index is 2.30. The molecule has 1 atom stereocenters. The summed E-state index contributed by atoms with van der Waals surface area (Å²) in [5.41, 5.74) is 0. The van der Waals surface area contributed by atoms with Gasteiger partial charge in [-0.1, -0.05) is 37.3 Å². The number of amides is 1. The van der Waals surface area contributed by atoms with Crippen LogP contribution in [0.25, 0.3) is 0 Å². The van der Waals surface area contributed by atoms with Crippen LogP contribution in [0.2, 0.25) is 0 Å². The quantitative estimate of drug-likeness (QED) is 0.770. The van der Waals surface area contributed by atoms with Crippen molar-refractivity contribution in [2.45, 2.75) is 25.8 Å². The molecule has 100 valence electrons. The van der Waals surface area contributed by atoms with Gasteiger partial charge in [-0.15, -0.1) is 11.8 Å². The standard InChI is InChI=1S/C14H21NO2S/c1-3-12(10-17-2)15-14(16)11-18-13-8-6-4-5-7-9-13/h4-8,12H,3,9-11H2,1-2H3,(H,15,16). The van der Waals surface area contributed by atoms with Crippen LogP contribution in [0.15, 0.2) is 35.3 Å². The summed E-state index contributed by atoms with van der Waals surface area (Å²) in [6.45, 7) is 2.61. The number of carbonyl (C=O) groups excluding carboxylic acids is 1. The summed E-state index contributed by atoms with van der Waals surface area (Å²) in [7, 11) is 1.65. The molecule has 0 aromatic carbocycles. The fourth-order valence-electron chi connectivity index (χ4n) is 1.56. The van der Waals surface area contributed by atoms with Gasteiger partial charge in [0.15, 0.2) is 0 Å². The second-order valence-corrected chi connectivity index (χ2v) is 5.17. The van der Waals surface area contributed by atoms with Crippen LogP contribution >= 0.6 is 11.8 Å². The third kappa shape index (κ3) is 6.07. The van der Waals surface area contributed by atoms with Crippen LogP contribution < -0.4 is 5.32 Å². The van der Waals surface area contributed by atoms with Crippen molar-refractivity contribution in [3.8, 4) is 0 Å². The molecule has 0 aromatic rings. The van der Waals surface area contributed by atoms with Gasteiger partial charge in [0, 0.05) is 7.11 Å². The van der Waals surface area contributed by atoms with Crippen LogP contribution in [-0.4, -0.2) is 31.4 Å². The van der Waals surface area contributed by atoms with Gasteiger partial charge >= 0.3 is 0 Å². The second kappa shape index (κ2) is 9.00. The van der Waals surface area contributed by atoms with Gasteiger partial charge in [0.2, 0.25) is 5.91 Å². The Kier molecular flexibility index (Phi) is 7.53. The van der Waals surface area contributed by atoms with Crippen LogP contribution in [0.3, 0.4) is 0 Å². The summed E-state index contributed by atoms with van der Waals surface area (Å²) < 4.78 is 5.06. The lowest BCUT2D eigenvalue weighted by atomic mass is 10.2. The average Bonchev–Trinajstić information content (AvgIpc) is 2.64. The first-order valence-corrected chi connectivity index (χ1v) is 7.18. The lowest BCUT2D eigenvalue weighted by Gasteiger charge is -2.15. The number of allylic oxidation sites excluding steroid dienone is 6. The minimum Gasteiger partial charge on any atom is -0.383 e. The van der Waals surface area contributed by atoms with Gasteiger partial charge in [-0.3, -0.25) is 4.79 Å². The largest absolute Gasteiger partial charge is 0.383 e. The van der Waals surface area contributed by atoms with Crippen LogP contribution in [0, 0.1) is 0 Å². The minimum atomic E-state index is 0.0713. The number of nitrogens with one attached hydrogen (secondary N) is 1. The van der Waals surface area contributed by atoms with E-state index in [1.165, 1.54) is 4.91 Å². The van der Waals surface area contributed by atoms with Gasteiger partial charge < -0.3 is 10.1 Å². The van der Waals surface area contributed by atoms with Crippen molar-refractivity contribution in [2.24, 2.45) is 0 Å². The van der Waals surface area contributed by atoms with Gasteiger partial charge in [0.1, 0.15) is 0 Å². The summed E-state index contributed by atoms with van der Waals surface area (Å²) >= 11 is 1.60. The molecule has 0 spiro atoms. The monoisotopic (exact) mass is 267 g/mol. The van der Waals surface area contributed by atoms with Gasteiger partial charge in [-0.2, -0.15) is 0 Å². The van der Waals surface area contributed by atoms with Gasteiger partial charge in [-0.05, 0) is 17.7 Å². The SMILES string of the molecule is CCC(COC)NC(=O)CSC1=CC=CC=CC1. The molecule has 0 bridgehead atoms. The van der Waals surface area contributed by atoms with Crippen molar-refractivity contribution in [2.75, 3.05) is 19.5 Å². The van der Waals surface area contributed by atoms with E-state index in [4.69, 9.17) is 4.74 Å². The molecule has 0 fully saturated rings. The predicted molar refractivity (Wildman–Crippen MR) is 77.5 cm³/mol. The third-order valence-electron chi connectivity index (χ3n) is 2.57. The topological polar surface area (TPSA) is 38.3 Å². The van der Waals surface area contributed by atoms with Gasteiger partial charge in [0.05, 0.1) is 18.4 Å². The Bertz CT molecular complexity index is 348. The summed E-state index contributed by atoms with van der Waals surface area (Å²) in [5.74, 6) is 0.537. The molecule has 1 amide bonds. The first kappa shape index (κ1) is 15.1. The summed E-state index contributed by atoms with van der Waals surface area (Å²) in [5, 5.41) is 2.97. The van der Waals surface area contributed by atoms with Gasteiger partial charge in [-0.25, -0.2) is 0 Å². The summed E-state index contributed by atoms with van der Waals surface area (Å²) in [6, 6.07) is 0.117. The van der Waals surface area contributed by atoms with Crippen LogP contribution in [0.5, 0.6) is 0 Å². The molecule has 0 aliphatic heterocycles. The highest BCUT2D eigenvalue weighted by Gasteiger charge is 2.10. The fourth-order valence-corrected chi connectivity index (χ4v) is 2.34. The Morgan fingerprint density at radius 1 is 1.50 bits per heavy atom. The molecule has 3 nitrogen and oxygen atoms in total. The maximum absolute atomic E-state index is 11.8. The van der Waals surface area contributed by atoms with Crippen molar-refractivity contribution in [1.29, 1.82) is 0 Å². The number of methoxy groups -OCH3 is 1. The summed E-state index contributed by atoms with van der Waals surface area (Å²) in [6.07, 6.45) is 12.0. The summed E-state index contributed by atoms with van der Waals surface area (Å²) in [4.78, 5) is 13.0. The van der Waals surface area contributed by atoms with Crippen molar-refractivity contribution < 1.29 is 9.53 Å². The molecule has 0 saturated carbocycles. The highest BCUT2D eigenvalue weighted by Crippen LogP contribution is 2.21. The molecule has 0 saturated heterocycles. The molecule has 0 radical (unpaired) electrons. The third-order valence-corrected chi connectivity index (χ3v) is 3.65. The fraction of sp³-hybridized carbons (Fsp3) is 0.500. The minimum absolute atomic E-state index is 0.0713. The number of hydrogen-bond donors (Lipinski definition) is 1. The van der Waals surface area contributed by atoms with Crippen LogP contribution in [0.4, 0.5) is 0 Å². The molecule has 1 N–H and O–H groups in total. The lowest BCUT2D eigenvalue weighted by Crippen LogP contribution is -2.38. The number of thioether (sulfide) groups is 1. The smallest absolute Gasteiger partial charge is 0.230 e. The average molecular weight is 267 g/mol. The van der Waals surface area contributed by atoms with E-state index >= 15 is 0 Å². The van der Waals surface area contributed by atoms with E-state index in [1.54, 1.807) is 18.9 Å². The number of rotatable bonds is 7. The zero-order chi connectivity index (χ0) is 13.2. The van der Waals surface area contributed by atoms with Crippen molar-refractivity contribution >= 4 is 17.7 Å². The molecule has 1 aliphatic carbocycles. The highest BCUT2D eigenvalue weighted by molar-refractivity contribution is 8.03. The molecule has 0 heterocycles.